The highest BCUT2D eigenvalue weighted by Crippen LogP contribution is 2.24. The standard InChI is InChI=1S/C16H21N5O4S/c1-3-24-12-7-5-6-11(8-12)15-19-20-16(21(15)17)26-10-13(22)18-9-14(23)25-4-2/h5-8H,3-4,9-10,17H2,1-2H3,(H,18,22). The van der Waals surface area contributed by atoms with Crippen molar-refractivity contribution < 1.29 is 19.1 Å². The van der Waals surface area contributed by atoms with Crippen molar-refractivity contribution in [3.05, 3.63) is 24.3 Å². The maximum absolute atomic E-state index is 11.8. The minimum absolute atomic E-state index is 0.0493. The van der Waals surface area contributed by atoms with Crippen LogP contribution in [0.15, 0.2) is 29.4 Å². The summed E-state index contributed by atoms with van der Waals surface area (Å²) >= 11 is 1.12. The summed E-state index contributed by atoms with van der Waals surface area (Å²) < 4.78 is 11.5. The monoisotopic (exact) mass is 379 g/mol. The minimum atomic E-state index is -0.482. The molecule has 0 aliphatic heterocycles. The molecule has 0 atom stereocenters. The van der Waals surface area contributed by atoms with Gasteiger partial charge in [0.05, 0.1) is 19.0 Å². The number of hydrogen-bond acceptors (Lipinski definition) is 8. The number of nitrogens with zero attached hydrogens (tertiary/aromatic N) is 3. The van der Waals surface area contributed by atoms with Gasteiger partial charge >= 0.3 is 5.97 Å². The number of nitrogens with two attached hydrogens (primary N) is 1. The third-order valence-corrected chi connectivity index (χ3v) is 4.08. The van der Waals surface area contributed by atoms with Gasteiger partial charge in [0.1, 0.15) is 12.3 Å². The Morgan fingerprint density at radius 1 is 1.27 bits per heavy atom. The Kier molecular flexibility index (Phi) is 7.27. The number of esters is 1. The lowest BCUT2D eigenvalue weighted by Gasteiger charge is -2.07. The average Bonchev–Trinajstić information content (AvgIpc) is 2.99. The molecule has 0 bridgehead atoms. The number of carbonyl (C=O) groups excluding carboxylic acids is 2. The van der Waals surface area contributed by atoms with Gasteiger partial charge in [0, 0.05) is 5.56 Å². The molecule has 10 heteroatoms. The first-order valence-corrected chi connectivity index (χ1v) is 9.02. The van der Waals surface area contributed by atoms with E-state index in [0.717, 1.165) is 17.3 Å². The second-order valence-electron chi connectivity index (χ2n) is 5.01. The summed E-state index contributed by atoms with van der Waals surface area (Å²) in [7, 11) is 0. The maximum atomic E-state index is 11.8. The van der Waals surface area contributed by atoms with Crippen molar-refractivity contribution in [1.82, 2.24) is 20.2 Å². The molecular weight excluding hydrogens is 358 g/mol. The van der Waals surface area contributed by atoms with E-state index in [1.165, 1.54) is 4.68 Å². The van der Waals surface area contributed by atoms with Crippen LogP contribution in [0.1, 0.15) is 13.8 Å². The second-order valence-corrected chi connectivity index (χ2v) is 5.95. The first-order chi connectivity index (χ1) is 12.5. The fourth-order valence-electron chi connectivity index (χ4n) is 2.03. The second kappa shape index (κ2) is 9.66. The van der Waals surface area contributed by atoms with E-state index in [2.05, 4.69) is 15.5 Å². The summed E-state index contributed by atoms with van der Waals surface area (Å²) in [5.41, 5.74) is 0.754. The van der Waals surface area contributed by atoms with Gasteiger partial charge in [0.15, 0.2) is 5.82 Å². The normalized spacial score (nSPS) is 10.4. The van der Waals surface area contributed by atoms with Gasteiger partial charge in [-0.2, -0.15) is 0 Å². The van der Waals surface area contributed by atoms with Gasteiger partial charge in [-0.3, -0.25) is 9.59 Å². The number of ether oxygens (including phenoxy) is 2. The van der Waals surface area contributed by atoms with Gasteiger partial charge in [-0.05, 0) is 26.0 Å². The van der Waals surface area contributed by atoms with Crippen LogP contribution < -0.4 is 15.9 Å². The number of nitrogens with one attached hydrogen (secondary N) is 1. The molecule has 140 valence electrons. The Morgan fingerprint density at radius 3 is 2.81 bits per heavy atom. The van der Waals surface area contributed by atoms with Crippen molar-refractivity contribution in [3.63, 3.8) is 0 Å². The van der Waals surface area contributed by atoms with E-state index >= 15 is 0 Å². The summed E-state index contributed by atoms with van der Waals surface area (Å²) in [6.07, 6.45) is 0. The molecule has 2 rings (SSSR count). The van der Waals surface area contributed by atoms with Crippen molar-refractivity contribution in [2.24, 2.45) is 0 Å². The van der Waals surface area contributed by atoms with Gasteiger partial charge in [0.2, 0.25) is 11.1 Å². The Morgan fingerprint density at radius 2 is 2.08 bits per heavy atom. The molecule has 1 amide bonds. The lowest BCUT2D eigenvalue weighted by molar-refractivity contribution is -0.143. The van der Waals surface area contributed by atoms with Crippen LogP contribution in [-0.4, -0.2) is 52.3 Å². The summed E-state index contributed by atoms with van der Waals surface area (Å²) in [5, 5.41) is 10.9. The third kappa shape index (κ3) is 5.38. The zero-order valence-corrected chi connectivity index (χ0v) is 15.4. The number of thioether (sulfide) groups is 1. The molecule has 1 aromatic heterocycles. The van der Waals surface area contributed by atoms with E-state index in [-0.39, 0.29) is 24.8 Å². The summed E-state index contributed by atoms with van der Waals surface area (Å²) in [5.74, 6) is 6.44. The summed E-state index contributed by atoms with van der Waals surface area (Å²) in [6, 6.07) is 7.34. The van der Waals surface area contributed by atoms with E-state index in [9.17, 15) is 9.59 Å². The quantitative estimate of drug-likeness (QED) is 0.373. The van der Waals surface area contributed by atoms with Crippen LogP contribution in [0.5, 0.6) is 5.75 Å². The number of nitrogen functional groups attached to an aromatic ring is 1. The topological polar surface area (TPSA) is 121 Å². The molecule has 0 aliphatic rings. The zero-order chi connectivity index (χ0) is 18.9. The van der Waals surface area contributed by atoms with Crippen LogP contribution in [-0.2, 0) is 14.3 Å². The average molecular weight is 379 g/mol. The fraction of sp³-hybridized carbons (Fsp3) is 0.375. The van der Waals surface area contributed by atoms with Crippen molar-refractivity contribution in [2.45, 2.75) is 19.0 Å². The van der Waals surface area contributed by atoms with Crippen LogP contribution in [0, 0.1) is 0 Å². The van der Waals surface area contributed by atoms with E-state index < -0.39 is 5.97 Å². The van der Waals surface area contributed by atoms with Crippen LogP contribution in [0.3, 0.4) is 0 Å². The molecule has 0 saturated heterocycles. The Bertz CT molecular complexity index is 765. The smallest absolute Gasteiger partial charge is 0.325 e. The minimum Gasteiger partial charge on any atom is -0.494 e. The van der Waals surface area contributed by atoms with E-state index in [4.69, 9.17) is 15.3 Å². The fourth-order valence-corrected chi connectivity index (χ4v) is 2.71. The van der Waals surface area contributed by atoms with Gasteiger partial charge in [-0.25, -0.2) is 4.68 Å². The predicted molar refractivity (Wildman–Crippen MR) is 97.1 cm³/mol. The first-order valence-electron chi connectivity index (χ1n) is 8.04. The lowest BCUT2D eigenvalue weighted by Crippen LogP contribution is -2.32. The SMILES string of the molecule is CCOC(=O)CNC(=O)CSc1nnc(-c2cccc(OCC)c2)n1N. The third-order valence-electron chi connectivity index (χ3n) is 3.14. The highest BCUT2D eigenvalue weighted by molar-refractivity contribution is 7.99. The number of amides is 1. The number of hydrogen-bond donors (Lipinski definition) is 2. The zero-order valence-electron chi connectivity index (χ0n) is 14.6. The van der Waals surface area contributed by atoms with Gasteiger partial charge in [-0.1, -0.05) is 23.9 Å². The Hall–Kier alpha value is -2.75. The molecule has 0 spiro atoms. The number of rotatable bonds is 9. The molecular formula is C16H21N5O4S. The number of benzene rings is 1. The number of carbonyl (C=O) groups is 2. The molecule has 0 fully saturated rings. The van der Waals surface area contributed by atoms with Crippen LogP contribution in [0.25, 0.3) is 11.4 Å². The van der Waals surface area contributed by atoms with Gasteiger partial charge < -0.3 is 20.6 Å². The molecule has 26 heavy (non-hydrogen) atoms. The van der Waals surface area contributed by atoms with E-state index in [1.54, 1.807) is 6.92 Å². The van der Waals surface area contributed by atoms with Gasteiger partial charge in [-0.15, -0.1) is 10.2 Å². The molecule has 1 aromatic carbocycles. The van der Waals surface area contributed by atoms with Crippen molar-refractivity contribution in [1.29, 1.82) is 0 Å². The highest BCUT2D eigenvalue weighted by Gasteiger charge is 2.15. The molecule has 9 nitrogen and oxygen atoms in total. The van der Waals surface area contributed by atoms with Crippen molar-refractivity contribution >= 4 is 23.6 Å². The van der Waals surface area contributed by atoms with E-state index in [0.29, 0.717) is 23.3 Å². The molecule has 0 radical (unpaired) electrons. The summed E-state index contributed by atoms with van der Waals surface area (Å²) in [4.78, 5) is 23.0. The van der Waals surface area contributed by atoms with Crippen molar-refractivity contribution in [2.75, 3.05) is 31.4 Å². The predicted octanol–water partition coefficient (Wildman–Crippen LogP) is 0.829. The summed E-state index contributed by atoms with van der Waals surface area (Å²) in [6.45, 7) is 4.26. The Balaban J connectivity index is 1.95. The van der Waals surface area contributed by atoms with Crippen LogP contribution >= 0.6 is 11.8 Å². The molecule has 0 aliphatic carbocycles. The molecule has 0 unspecified atom stereocenters. The highest BCUT2D eigenvalue weighted by atomic mass is 32.2. The first kappa shape index (κ1) is 19.6. The molecule has 0 saturated carbocycles. The van der Waals surface area contributed by atoms with E-state index in [1.807, 2.05) is 31.2 Å². The Labute approximate surface area is 155 Å². The van der Waals surface area contributed by atoms with Gasteiger partial charge in [0.25, 0.3) is 0 Å². The largest absolute Gasteiger partial charge is 0.494 e. The van der Waals surface area contributed by atoms with Crippen LogP contribution in [0.2, 0.25) is 0 Å². The molecule has 2 aromatic rings. The molecule has 3 N–H and O–H groups in total. The van der Waals surface area contributed by atoms with Crippen LogP contribution in [0.4, 0.5) is 0 Å². The lowest BCUT2D eigenvalue weighted by atomic mass is 10.2. The molecule has 1 heterocycles. The number of aromatic nitrogens is 3. The van der Waals surface area contributed by atoms with Crippen molar-refractivity contribution in [3.8, 4) is 17.1 Å². The maximum Gasteiger partial charge on any atom is 0.325 e.